The highest BCUT2D eigenvalue weighted by Crippen LogP contribution is 2.33. The van der Waals surface area contributed by atoms with Crippen molar-refractivity contribution in [2.75, 3.05) is 13.7 Å². The molecule has 0 bridgehead atoms. The van der Waals surface area contributed by atoms with Gasteiger partial charge in [-0.3, -0.25) is 0 Å². The fourth-order valence-electron chi connectivity index (χ4n) is 2.27. The summed E-state index contributed by atoms with van der Waals surface area (Å²) >= 11 is 0. The van der Waals surface area contributed by atoms with Gasteiger partial charge in [0.25, 0.3) is 0 Å². The third-order valence-corrected chi connectivity index (χ3v) is 3.53. The molecule has 2 aromatic rings. The Morgan fingerprint density at radius 2 is 1.81 bits per heavy atom. The minimum absolute atomic E-state index is 0.0615. The molecule has 1 N–H and O–H groups in total. The fraction of sp³-hybridized carbons (Fsp3) is 0.263. The SMILES string of the molecule is COc1ccc(C(C)C)cc1-c1ccc(/C=C/CO)cc1. The first kappa shape index (κ1) is 15.3. The molecule has 2 heteroatoms. The van der Waals surface area contributed by atoms with Crippen LogP contribution in [0.3, 0.4) is 0 Å². The number of methoxy groups -OCH3 is 1. The molecular weight excluding hydrogens is 260 g/mol. The fourth-order valence-corrected chi connectivity index (χ4v) is 2.27. The number of benzene rings is 2. The van der Waals surface area contributed by atoms with E-state index >= 15 is 0 Å². The van der Waals surface area contributed by atoms with Gasteiger partial charge in [-0.2, -0.15) is 0 Å². The summed E-state index contributed by atoms with van der Waals surface area (Å²) < 4.78 is 5.48. The first-order chi connectivity index (χ1) is 10.2. The van der Waals surface area contributed by atoms with E-state index in [4.69, 9.17) is 9.84 Å². The number of hydrogen-bond donors (Lipinski definition) is 1. The molecule has 2 aromatic carbocycles. The maximum Gasteiger partial charge on any atom is 0.126 e. The van der Waals surface area contributed by atoms with Crippen LogP contribution in [0, 0.1) is 0 Å². The lowest BCUT2D eigenvalue weighted by molar-refractivity contribution is 0.343. The lowest BCUT2D eigenvalue weighted by Crippen LogP contribution is -1.92. The summed E-state index contributed by atoms with van der Waals surface area (Å²) in [6.07, 6.45) is 3.64. The monoisotopic (exact) mass is 282 g/mol. The molecule has 0 fully saturated rings. The van der Waals surface area contributed by atoms with Crippen molar-refractivity contribution >= 4 is 6.08 Å². The molecule has 0 amide bonds. The van der Waals surface area contributed by atoms with Crippen molar-refractivity contribution in [1.29, 1.82) is 0 Å². The van der Waals surface area contributed by atoms with Gasteiger partial charge in [0.2, 0.25) is 0 Å². The van der Waals surface area contributed by atoms with E-state index in [-0.39, 0.29) is 6.61 Å². The van der Waals surface area contributed by atoms with Crippen LogP contribution < -0.4 is 4.74 Å². The van der Waals surface area contributed by atoms with E-state index in [0.29, 0.717) is 5.92 Å². The van der Waals surface area contributed by atoms with Crippen molar-refractivity contribution in [3.8, 4) is 16.9 Å². The highest BCUT2D eigenvalue weighted by atomic mass is 16.5. The van der Waals surface area contributed by atoms with Crippen LogP contribution in [0.4, 0.5) is 0 Å². The van der Waals surface area contributed by atoms with E-state index in [1.54, 1.807) is 13.2 Å². The van der Waals surface area contributed by atoms with E-state index in [2.05, 4.69) is 38.1 Å². The molecule has 0 spiro atoms. The molecule has 0 aliphatic rings. The molecule has 0 saturated carbocycles. The lowest BCUT2D eigenvalue weighted by Gasteiger charge is -2.13. The molecular formula is C19H22O2. The van der Waals surface area contributed by atoms with Crippen LogP contribution in [-0.2, 0) is 0 Å². The number of aliphatic hydroxyl groups is 1. The molecule has 0 saturated heterocycles. The predicted molar refractivity (Wildman–Crippen MR) is 88.6 cm³/mol. The van der Waals surface area contributed by atoms with Gasteiger partial charge in [0, 0.05) is 5.56 Å². The van der Waals surface area contributed by atoms with Crippen LogP contribution in [0.5, 0.6) is 5.75 Å². The minimum atomic E-state index is 0.0615. The van der Waals surface area contributed by atoms with Gasteiger partial charge in [-0.1, -0.05) is 56.3 Å². The highest BCUT2D eigenvalue weighted by Gasteiger charge is 2.08. The molecule has 110 valence electrons. The summed E-state index contributed by atoms with van der Waals surface area (Å²) in [5, 5.41) is 8.81. The molecule has 0 aromatic heterocycles. The van der Waals surface area contributed by atoms with Crippen molar-refractivity contribution in [2.45, 2.75) is 19.8 Å². The van der Waals surface area contributed by atoms with E-state index in [1.807, 2.05) is 24.3 Å². The Morgan fingerprint density at radius 1 is 1.10 bits per heavy atom. The molecule has 0 atom stereocenters. The van der Waals surface area contributed by atoms with Gasteiger partial charge < -0.3 is 9.84 Å². The summed E-state index contributed by atoms with van der Waals surface area (Å²) in [6.45, 7) is 4.44. The normalized spacial score (nSPS) is 11.3. The molecule has 0 radical (unpaired) electrons. The largest absolute Gasteiger partial charge is 0.496 e. The van der Waals surface area contributed by atoms with Gasteiger partial charge in [0.15, 0.2) is 0 Å². The molecule has 2 nitrogen and oxygen atoms in total. The van der Waals surface area contributed by atoms with Crippen molar-refractivity contribution in [2.24, 2.45) is 0 Å². The Balaban J connectivity index is 2.40. The van der Waals surface area contributed by atoms with Crippen LogP contribution in [0.1, 0.15) is 30.9 Å². The average Bonchev–Trinajstić information content (AvgIpc) is 2.52. The van der Waals surface area contributed by atoms with Crippen LogP contribution in [0.15, 0.2) is 48.5 Å². The zero-order valence-corrected chi connectivity index (χ0v) is 12.8. The Labute approximate surface area is 126 Å². The van der Waals surface area contributed by atoms with Gasteiger partial charge in [-0.25, -0.2) is 0 Å². The Kier molecular flexibility index (Phi) is 5.18. The summed E-state index contributed by atoms with van der Waals surface area (Å²) in [7, 11) is 1.70. The second-order valence-electron chi connectivity index (χ2n) is 5.32. The smallest absolute Gasteiger partial charge is 0.126 e. The standard InChI is InChI=1S/C19H22O2/c1-14(2)17-10-11-19(21-3)18(13-17)16-8-6-15(7-9-16)5-4-12-20/h4-11,13-14,20H,12H2,1-3H3/b5-4+. The van der Waals surface area contributed by atoms with Crippen LogP contribution in [0.25, 0.3) is 17.2 Å². The predicted octanol–water partition coefficient (Wildman–Crippen LogP) is 4.49. The third-order valence-electron chi connectivity index (χ3n) is 3.53. The summed E-state index contributed by atoms with van der Waals surface area (Å²) in [5.41, 5.74) is 4.62. The van der Waals surface area contributed by atoms with Crippen LogP contribution >= 0.6 is 0 Å². The Bertz CT molecular complexity index is 610. The van der Waals surface area contributed by atoms with Gasteiger partial charge in [0.1, 0.15) is 5.75 Å². The average molecular weight is 282 g/mol. The number of aliphatic hydroxyl groups excluding tert-OH is 1. The quantitative estimate of drug-likeness (QED) is 0.875. The number of rotatable bonds is 5. The van der Waals surface area contributed by atoms with Crippen molar-refractivity contribution in [1.82, 2.24) is 0 Å². The first-order valence-electron chi connectivity index (χ1n) is 7.21. The van der Waals surface area contributed by atoms with E-state index < -0.39 is 0 Å². The third kappa shape index (κ3) is 3.73. The molecule has 0 aliphatic heterocycles. The van der Waals surface area contributed by atoms with Gasteiger partial charge >= 0.3 is 0 Å². The maximum atomic E-state index is 8.81. The van der Waals surface area contributed by atoms with Crippen LogP contribution in [-0.4, -0.2) is 18.8 Å². The highest BCUT2D eigenvalue weighted by molar-refractivity contribution is 5.72. The van der Waals surface area contributed by atoms with Crippen LogP contribution in [0.2, 0.25) is 0 Å². The van der Waals surface area contributed by atoms with E-state index in [9.17, 15) is 0 Å². The molecule has 0 unspecified atom stereocenters. The molecule has 0 heterocycles. The number of hydrogen-bond acceptors (Lipinski definition) is 2. The Morgan fingerprint density at radius 3 is 2.38 bits per heavy atom. The maximum absolute atomic E-state index is 8.81. The van der Waals surface area contributed by atoms with E-state index in [0.717, 1.165) is 22.4 Å². The zero-order valence-electron chi connectivity index (χ0n) is 12.8. The summed E-state index contributed by atoms with van der Waals surface area (Å²) in [5.74, 6) is 1.37. The van der Waals surface area contributed by atoms with E-state index in [1.165, 1.54) is 5.56 Å². The zero-order chi connectivity index (χ0) is 15.2. The molecule has 2 rings (SSSR count). The first-order valence-corrected chi connectivity index (χ1v) is 7.21. The van der Waals surface area contributed by atoms with Gasteiger partial charge in [-0.05, 0) is 34.7 Å². The van der Waals surface area contributed by atoms with Crippen molar-refractivity contribution in [3.05, 3.63) is 59.7 Å². The summed E-state index contributed by atoms with van der Waals surface area (Å²) in [6, 6.07) is 14.6. The summed E-state index contributed by atoms with van der Waals surface area (Å²) in [4.78, 5) is 0. The lowest BCUT2D eigenvalue weighted by atomic mass is 9.96. The topological polar surface area (TPSA) is 29.5 Å². The molecule has 21 heavy (non-hydrogen) atoms. The second-order valence-corrected chi connectivity index (χ2v) is 5.32. The minimum Gasteiger partial charge on any atom is -0.496 e. The van der Waals surface area contributed by atoms with Gasteiger partial charge in [0.05, 0.1) is 13.7 Å². The number of ether oxygens (including phenoxy) is 1. The second kappa shape index (κ2) is 7.09. The van der Waals surface area contributed by atoms with Crippen molar-refractivity contribution < 1.29 is 9.84 Å². The Hall–Kier alpha value is -2.06. The molecule has 0 aliphatic carbocycles. The van der Waals surface area contributed by atoms with Crippen molar-refractivity contribution in [3.63, 3.8) is 0 Å². The van der Waals surface area contributed by atoms with Gasteiger partial charge in [-0.15, -0.1) is 0 Å².